The number of hydrogen-bond acceptors (Lipinski definition) is 2. The number of hydrogen-bond donors (Lipinski definition) is 2. The molecular weight excluding hydrogens is 260 g/mol. The molecule has 1 aliphatic carbocycles. The summed E-state index contributed by atoms with van der Waals surface area (Å²) in [5, 5.41) is 6.67. The average molecular weight is 286 g/mol. The Morgan fingerprint density at radius 1 is 1.29 bits per heavy atom. The molecule has 2 fully saturated rings. The maximum absolute atomic E-state index is 13.0. The van der Waals surface area contributed by atoms with Crippen molar-refractivity contribution in [2.24, 2.45) is 5.92 Å². The van der Waals surface area contributed by atoms with Gasteiger partial charge in [-0.2, -0.15) is 0 Å². The summed E-state index contributed by atoms with van der Waals surface area (Å²) in [5.74, 6) is 1.07. The molecule has 1 aromatic carbocycles. The largest absolute Gasteiger partial charge is 0.353 e. The molecule has 0 radical (unpaired) electrons. The van der Waals surface area contributed by atoms with E-state index in [1.54, 1.807) is 0 Å². The molecular formula is C18H26N2O. The van der Waals surface area contributed by atoms with Gasteiger partial charge in [0.15, 0.2) is 0 Å². The van der Waals surface area contributed by atoms with Gasteiger partial charge in [0.05, 0.1) is 5.41 Å². The van der Waals surface area contributed by atoms with E-state index >= 15 is 0 Å². The molecule has 1 saturated carbocycles. The molecule has 3 rings (SSSR count). The van der Waals surface area contributed by atoms with Crippen molar-refractivity contribution in [1.82, 2.24) is 10.6 Å². The van der Waals surface area contributed by atoms with Gasteiger partial charge in [-0.1, -0.05) is 43.2 Å². The monoisotopic (exact) mass is 286 g/mol. The summed E-state index contributed by atoms with van der Waals surface area (Å²) in [7, 11) is 0. The fourth-order valence-electron chi connectivity index (χ4n) is 3.53. The second-order valence-electron chi connectivity index (χ2n) is 6.75. The van der Waals surface area contributed by atoms with Crippen molar-refractivity contribution in [2.75, 3.05) is 13.1 Å². The summed E-state index contributed by atoms with van der Waals surface area (Å²) in [6.45, 7) is 3.98. The van der Waals surface area contributed by atoms with Crippen LogP contribution in [0, 0.1) is 5.92 Å². The first kappa shape index (κ1) is 14.6. The Morgan fingerprint density at radius 2 is 1.95 bits per heavy atom. The molecule has 1 saturated heterocycles. The lowest BCUT2D eigenvalue weighted by molar-refractivity contribution is -0.128. The van der Waals surface area contributed by atoms with Gasteiger partial charge in [0, 0.05) is 6.04 Å². The minimum Gasteiger partial charge on any atom is -0.353 e. The van der Waals surface area contributed by atoms with Crippen LogP contribution in [0.4, 0.5) is 0 Å². The molecule has 1 atom stereocenters. The van der Waals surface area contributed by atoms with Gasteiger partial charge in [0.2, 0.25) is 5.91 Å². The number of nitrogens with one attached hydrogen (secondary N) is 2. The van der Waals surface area contributed by atoms with Crippen LogP contribution in [0.25, 0.3) is 0 Å². The second-order valence-corrected chi connectivity index (χ2v) is 6.75. The van der Waals surface area contributed by atoms with E-state index in [1.807, 2.05) is 18.2 Å². The maximum Gasteiger partial charge on any atom is 0.230 e. The summed E-state index contributed by atoms with van der Waals surface area (Å²) in [4.78, 5) is 13.0. The molecule has 0 spiro atoms. The third kappa shape index (κ3) is 3.29. The zero-order chi connectivity index (χ0) is 14.7. The van der Waals surface area contributed by atoms with Gasteiger partial charge in [0.1, 0.15) is 0 Å². The van der Waals surface area contributed by atoms with E-state index in [4.69, 9.17) is 0 Å². The Labute approximate surface area is 127 Å². The standard InChI is InChI=1S/C18H26N2O/c1-14(13-15-7-8-15)20-17(21)18(9-11-19-12-10-18)16-5-3-2-4-6-16/h2-6,14-15,19H,7-13H2,1H3,(H,20,21). The highest BCUT2D eigenvalue weighted by Crippen LogP contribution is 2.36. The van der Waals surface area contributed by atoms with Crippen molar-refractivity contribution in [3.63, 3.8) is 0 Å². The molecule has 1 heterocycles. The molecule has 1 amide bonds. The Balaban J connectivity index is 1.76. The van der Waals surface area contributed by atoms with Crippen molar-refractivity contribution >= 4 is 5.91 Å². The zero-order valence-electron chi connectivity index (χ0n) is 12.9. The van der Waals surface area contributed by atoms with Crippen LogP contribution in [0.3, 0.4) is 0 Å². The lowest BCUT2D eigenvalue weighted by Crippen LogP contribution is -2.52. The van der Waals surface area contributed by atoms with E-state index in [2.05, 4.69) is 29.7 Å². The first-order chi connectivity index (χ1) is 10.2. The molecule has 1 unspecified atom stereocenters. The van der Waals surface area contributed by atoms with Gasteiger partial charge < -0.3 is 10.6 Å². The minimum absolute atomic E-state index is 0.225. The quantitative estimate of drug-likeness (QED) is 0.873. The average Bonchev–Trinajstić information content (AvgIpc) is 3.32. The molecule has 1 aliphatic heterocycles. The van der Waals surface area contributed by atoms with Crippen LogP contribution in [0.15, 0.2) is 30.3 Å². The van der Waals surface area contributed by atoms with E-state index in [0.717, 1.165) is 38.3 Å². The number of carbonyl (C=O) groups excluding carboxylic acids is 1. The van der Waals surface area contributed by atoms with E-state index in [-0.39, 0.29) is 11.3 Å². The summed E-state index contributed by atoms with van der Waals surface area (Å²) in [6.07, 6.45) is 5.59. The van der Waals surface area contributed by atoms with Crippen LogP contribution in [0.2, 0.25) is 0 Å². The van der Waals surface area contributed by atoms with Gasteiger partial charge in [0.25, 0.3) is 0 Å². The van der Waals surface area contributed by atoms with Crippen molar-refractivity contribution < 1.29 is 4.79 Å². The number of carbonyl (C=O) groups is 1. The number of piperidine rings is 1. The molecule has 3 heteroatoms. The van der Waals surface area contributed by atoms with Gasteiger partial charge in [-0.3, -0.25) is 4.79 Å². The summed E-state index contributed by atoms with van der Waals surface area (Å²) < 4.78 is 0. The predicted octanol–water partition coefficient (Wildman–Crippen LogP) is 2.61. The van der Waals surface area contributed by atoms with Gasteiger partial charge in [-0.05, 0) is 50.8 Å². The topological polar surface area (TPSA) is 41.1 Å². The van der Waals surface area contributed by atoms with Crippen molar-refractivity contribution in [1.29, 1.82) is 0 Å². The van der Waals surface area contributed by atoms with Crippen molar-refractivity contribution in [2.45, 2.75) is 50.5 Å². The molecule has 0 bridgehead atoms. The highest BCUT2D eigenvalue weighted by Gasteiger charge is 2.41. The molecule has 0 aromatic heterocycles. The lowest BCUT2D eigenvalue weighted by atomic mass is 9.72. The Morgan fingerprint density at radius 3 is 2.57 bits per heavy atom. The van der Waals surface area contributed by atoms with Crippen LogP contribution < -0.4 is 10.6 Å². The summed E-state index contributed by atoms with van der Waals surface area (Å²) >= 11 is 0. The smallest absolute Gasteiger partial charge is 0.230 e. The van der Waals surface area contributed by atoms with E-state index < -0.39 is 0 Å². The number of rotatable bonds is 5. The molecule has 3 nitrogen and oxygen atoms in total. The van der Waals surface area contributed by atoms with Gasteiger partial charge in [-0.25, -0.2) is 0 Å². The van der Waals surface area contributed by atoms with Crippen LogP contribution in [-0.2, 0) is 10.2 Å². The molecule has 21 heavy (non-hydrogen) atoms. The van der Waals surface area contributed by atoms with E-state index in [0.29, 0.717) is 6.04 Å². The Hall–Kier alpha value is -1.35. The fourth-order valence-corrected chi connectivity index (χ4v) is 3.53. The molecule has 2 N–H and O–H groups in total. The van der Waals surface area contributed by atoms with Crippen LogP contribution in [0.5, 0.6) is 0 Å². The van der Waals surface area contributed by atoms with Gasteiger partial charge >= 0.3 is 0 Å². The van der Waals surface area contributed by atoms with Crippen molar-refractivity contribution in [3.8, 4) is 0 Å². The van der Waals surface area contributed by atoms with E-state index in [1.165, 1.54) is 18.4 Å². The predicted molar refractivity (Wildman–Crippen MR) is 85.2 cm³/mol. The molecule has 114 valence electrons. The van der Waals surface area contributed by atoms with Crippen molar-refractivity contribution in [3.05, 3.63) is 35.9 Å². The third-order valence-corrected chi connectivity index (χ3v) is 4.98. The second kappa shape index (κ2) is 6.18. The van der Waals surface area contributed by atoms with Gasteiger partial charge in [-0.15, -0.1) is 0 Å². The maximum atomic E-state index is 13.0. The summed E-state index contributed by atoms with van der Waals surface area (Å²) in [5.41, 5.74) is 0.826. The van der Waals surface area contributed by atoms with Crippen LogP contribution in [0.1, 0.15) is 44.6 Å². The molecule has 2 aliphatic rings. The number of benzene rings is 1. The van der Waals surface area contributed by atoms with Crippen LogP contribution in [-0.4, -0.2) is 25.0 Å². The molecule has 1 aromatic rings. The highest BCUT2D eigenvalue weighted by atomic mass is 16.2. The van der Waals surface area contributed by atoms with Crippen LogP contribution >= 0.6 is 0 Å². The SMILES string of the molecule is CC(CC1CC1)NC(=O)C1(c2ccccc2)CCNCC1. The first-order valence-electron chi connectivity index (χ1n) is 8.28. The summed E-state index contributed by atoms with van der Waals surface area (Å²) in [6, 6.07) is 10.6. The number of amides is 1. The third-order valence-electron chi connectivity index (χ3n) is 4.98. The lowest BCUT2D eigenvalue weighted by Gasteiger charge is -2.37. The fraction of sp³-hybridized carbons (Fsp3) is 0.611. The Kier molecular flexibility index (Phi) is 4.29. The Bertz CT molecular complexity index is 475. The first-order valence-corrected chi connectivity index (χ1v) is 8.28. The zero-order valence-corrected chi connectivity index (χ0v) is 12.9. The van der Waals surface area contributed by atoms with E-state index in [9.17, 15) is 4.79 Å². The highest BCUT2D eigenvalue weighted by molar-refractivity contribution is 5.88. The normalized spacial score (nSPS) is 22.5. The minimum atomic E-state index is -0.343.